The molecular weight excluding hydrogens is 386 g/mol. The molecule has 0 atom stereocenters. The Morgan fingerprint density at radius 3 is 2.29 bits per heavy atom. The predicted molar refractivity (Wildman–Crippen MR) is 101 cm³/mol. The lowest BCUT2D eigenvalue weighted by molar-refractivity contribution is -0.122. The van der Waals surface area contributed by atoms with E-state index in [1.165, 1.54) is 0 Å². The molecule has 1 N–H and O–H groups in total. The zero-order valence-corrected chi connectivity index (χ0v) is 16.1. The van der Waals surface area contributed by atoms with Gasteiger partial charge in [0.05, 0.1) is 17.0 Å². The number of amides is 4. The molecule has 0 aliphatic carbocycles. The van der Waals surface area contributed by atoms with Gasteiger partial charge in [-0.25, -0.2) is 4.79 Å². The maximum atomic E-state index is 12.3. The molecule has 2 aliphatic rings. The van der Waals surface area contributed by atoms with Gasteiger partial charge in [0.2, 0.25) is 5.91 Å². The van der Waals surface area contributed by atoms with E-state index in [0.717, 1.165) is 4.90 Å². The van der Waals surface area contributed by atoms with Crippen molar-refractivity contribution >= 4 is 35.4 Å². The Labute approximate surface area is 167 Å². The molecule has 9 heteroatoms. The first-order valence-electron chi connectivity index (χ1n) is 9.23. The summed E-state index contributed by atoms with van der Waals surface area (Å²) in [5, 5.41) is 2.91. The lowest BCUT2D eigenvalue weighted by Gasteiger charge is -2.31. The van der Waals surface area contributed by atoms with Gasteiger partial charge < -0.3 is 15.0 Å². The van der Waals surface area contributed by atoms with E-state index < -0.39 is 6.09 Å². The van der Waals surface area contributed by atoms with Crippen molar-refractivity contribution < 1.29 is 23.9 Å². The summed E-state index contributed by atoms with van der Waals surface area (Å²) in [6.45, 7) is 1.20. The van der Waals surface area contributed by atoms with Crippen molar-refractivity contribution in [1.29, 1.82) is 0 Å². The third kappa shape index (κ3) is 4.44. The zero-order valence-electron chi connectivity index (χ0n) is 15.4. The van der Waals surface area contributed by atoms with Crippen molar-refractivity contribution in [1.82, 2.24) is 15.1 Å². The number of fused-ring (bicyclic) bond motifs is 1. The van der Waals surface area contributed by atoms with Crippen LogP contribution < -0.4 is 5.32 Å². The molecule has 2 aliphatic heterocycles. The second-order valence-electron chi connectivity index (χ2n) is 6.69. The van der Waals surface area contributed by atoms with E-state index in [4.69, 9.17) is 16.3 Å². The number of piperidine rings is 1. The van der Waals surface area contributed by atoms with Crippen LogP contribution in [-0.2, 0) is 9.53 Å². The van der Waals surface area contributed by atoms with Crippen molar-refractivity contribution in [2.45, 2.75) is 25.3 Å². The number of ether oxygens (including phenoxy) is 1. The highest BCUT2D eigenvalue weighted by molar-refractivity contribution is 6.21. The minimum atomic E-state index is -0.393. The van der Waals surface area contributed by atoms with E-state index in [1.54, 1.807) is 29.2 Å². The number of rotatable bonds is 6. The van der Waals surface area contributed by atoms with Crippen LogP contribution in [0.15, 0.2) is 24.3 Å². The molecule has 0 radical (unpaired) electrons. The molecule has 0 bridgehead atoms. The molecule has 2 heterocycles. The third-order valence-electron chi connectivity index (χ3n) is 4.86. The summed E-state index contributed by atoms with van der Waals surface area (Å²) in [5.41, 5.74) is 0.752. The van der Waals surface area contributed by atoms with Crippen molar-refractivity contribution in [3.63, 3.8) is 0 Å². The van der Waals surface area contributed by atoms with Gasteiger partial charge in [-0.2, -0.15) is 0 Å². The molecule has 0 unspecified atom stereocenters. The fourth-order valence-corrected chi connectivity index (χ4v) is 3.46. The molecule has 0 aromatic heterocycles. The number of halogens is 1. The van der Waals surface area contributed by atoms with Gasteiger partial charge in [0.15, 0.2) is 0 Å². The summed E-state index contributed by atoms with van der Waals surface area (Å²) in [4.78, 5) is 51.3. The summed E-state index contributed by atoms with van der Waals surface area (Å²) in [6.07, 6.45) is 0.892. The van der Waals surface area contributed by atoms with Crippen LogP contribution >= 0.6 is 11.6 Å². The lowest BCUT2D eigenvalue weighted by Crippen LogP contribution is -2.47. The van der Waals surface area contributed by atoms with E-state index in [2.05, 4.69) is 5.32 Å². The summed E-state index contributed by atoms with van der Waals surface area (Å²) in [5.74, 6) is -0.695. The second-order valence-corrected chi connectivity index (χ2v) is 7.07. The number of carbonyl (C=O) groups excluding carboxylic acids is 4. The number of benzene rings is 1. The number of hydrogen-bond acceptors (Lipinski definition) is 5. The van der Waals surface area contributed by atoms with Crippen LogP contribution in [0.3, 0.4) is 0 Å². The second kappa shape index (κ2) is 9.05. The Morgan fingerprint density at radius 1 is 1.11 bits per heavy atom. The van der Waals surface area contributed by atoms with Gasteiger partial charge in [-0.1, -0.05) is 12.1 Å². The molecule has 4 amide bonds. The lowest BCUT2D eigenvalue weighted by atomic mass is 10.1. The van der Waals surface area contributed by atoms with Crippen LogP contribution in [0.25, 0.3) is 0 Å². The highest BCUT2D eigenvalue weighted by Gasteiger charge is 2.35. The Kier molecular flexibility index (Phi) is 6.51. The van der Waals surface area contributed by atoms with Crippen LogP contribution in [0.4, 0.5) is 4.79 Å². The van der Waals surface area contributed by atoms with Gasteiger partial charge in [0.1, 0.15) is 6.61 Å². The van der Waals surface area contributed by atoms with Gasteiger partial charge >= 0.3 is 6.09 Å². The Morgan fingerprint density at radius 2 is 1.71 bits per heavy atom. The topological polar surface area (TPSA) is 96.0 Å². The minimum absolute atomic E-state index is 0.0434. The van der Waals surface area contributed by atoms with Crippen LogP contribution in [0.2, 0.25) is 0 Å². The quantitative estimate of drug-likeness (QED) is 0.571. The molecule has 0 spiro atoms. The molecular formula is C19H22ClN3O5. The fourth-order valence-electron chi connectivity index (χ4n) is 3.38. The molecule has 8 nitrogen and oxygen atoms in total. The van der Waals surface area contributed by atoms with Crippen molar-refractivity contribution in [2.75, 3.05) is 32.1 Å². The molecule has 1 saturated heterocycles. The minimum Gasteiger partial charge on any atom is -0.448 e. The van der Waals surface area contributed by atoms with Crippen molar-refractivity contribution in [3.05, 3.63) is 35.4 Å². The summed E-state index contributed by atoms with van der Waals surface area (Å²) in [7, 11) is 0. The number of nitrogens with one attached hydrogen (secondary N) is 1. The summed E-state index contributed by atoms with van der Waals surface area (Å²) >= 11 is 5.50. The molecule has 1 aromatic carbocycles. The molecule has 150 valence electrons. The van der Waals surface area contributed by atoms with Crippen LogP contribution in [-0.4, -0.2) is 71.8 Å². The first-order chi connectivity index (χ1) is 13.5. The van der Waals surface area contributed by atoms with Gasteiger partial charge in [0, 0.05) is 32.1 Å². The Balaban J connectivity index is 1.42. The first-order valence-corrected chi connectivity index (χ1v) is 9.77. The zero-order chi connectivity index (χ0) is 20.1. The van der Waals surface area contributed by atoms with E-state index in [-0.39, 0.29) is 49.2 Å². The number of imide groups is 1. The highest BCUT2D eigenvalue weighted by Crippen LogP contribution is 2.22. The highest BCUT2D eigenvalue weighted by atomic mass is 35.5. The van der Waals surface area contributed by atoms with E-state index in [0.29, 0.717) is 37.1 Å². The average Bonchev–Trinajstić information content (AvgIpc) is 2.95. The van der Waals surface area contributed by atoms with Crippen LogP contribution in [0, 0.1) is 0 Å². The van der Waals surface area contributed by atoms with Crippen LogP contribution in [0.5, 0.6) is 0 Å². The standard InChI is InChI=1S/C19H22ClN3O5/c20-8-12-28-19(27)22-9-5-13(6-10-22)21-16(24)7-11-23-17(25)14-3-1-2-4-15(14)18(23)26/h1-4,13H,5-12H2,(H,21,24). The summed E-state index contributed by atoms with van der Waals surface area (Å²) < 4.78 is 4.99. The van der Waals surface area contributed by atoms with Crippen molar-refractivity contribution in [2.24, 2.45) is 0 Å². The van der Waals surface area contributed by atoms with E-state index in [1.807, 2.05) is 0 Å². The predicted octanol–water partition coefficient (Wildman–Crippen LogP) is 1.63. The van der Waals surface area contributed by atoms with Crippen LogP contribution in [0.1, 0.15) is 40.0 Å². The number of hydrogen-bond donors (Lipinski definition) is 1. The fraction of sp³-hybridized carbons (Fsp3) is 0.474. The van der Waals surface area contributed by atoms with Gasteiger partial charge in [-0.15, -0.1) is 11.6 Å². The van der Waals surface area contributed by atoms with Crippen molar-refractivity contribution in [3.8, 4) is 0 Å². The molecule has 28 heavy (non-hydrogen) atoms. The number of carbonyl (C=O) groups is 4. The van der Waals surface area contributed by atoms with Gasteiger partial charge in [0.25, 0.3) is 11.8 Å². The first kappa shape index (κ1) is 20.1. The molecule has 1 aromatic rings. The SMILES string of the molecule is O=C(CCN1C(=O)c2ccccc2C1=O)NC1CCN(C(=O)OCCCl)CC1. The molecule has 0 saturated carbocycles. The largest absolute Gasteiger partial charge is 0.448 e. The Hall–Kier alpha value is -2.61. The summed E-state index contributed by atoms with van der Waals surface area (Å²) in [6, 6.07) is 6.59. The number of alkyl halides is 1. The number of nitrogens with zero attached hydrogens (tertiary/aromatic N) is 2. The normalized spacial score (nSPS) is 16.9. The maximum absolute atomic E-state index is 12.3. The maximum Gasteiger partial charge on any atom is 0.409 e. The average molecular weight is 408 g/mol. The molecule has 1 fully saturated rings. The smallest absolute Gasteiger partial charge is 0.409 e. The molecule has 3 rings (SSSR count). The monoisotopic (exact) mass is 407 g/mol. The van der Waals surface area contributed by atoms with E-state index >= 15 is 0 Å². The third-order valence-corrected chi connectivity index (χ3v) is 5.02. The van der Waals surface area contributed by atoms with E-state index in [9.17, 15) is 19.2 Å². The number of likely N-dealkylation sites (tertiary alicyclic amines) is 1. The Bertz CT molecular complexity index is 742. The van der Waals surface area contributed by atoms with Gasteiger partial charge in [-0.3, -0.25) is 19.3 Å². The van der Waals surface area contributed by atoms with Gasteiger partial charge in [-0.05, 0) is 25.0 Å².